The largest absolute Gasteiger partial charge is 0.396 e. The highest BCUT2D eigenvalue weighted by Crippen LogP contribution is 2.19. The van der Waals surface area contributed by atoms with E-state index in [0.29, 0.717) is 5.56 Å². The lowest BCUT2D eigenvalue weighted by atomic mass is 10.2. The standard InChI is InChI=1S/C16H17FN2O4S/c17-14-11-13(24(22,23)18-9-4-10-20)7-8-15(14)19-16(21)12-5-2-1-3-6-12/h1-3,5-8,11,18,20H,4,9-10H2,(H,19,21). The molecule has 2 aromatic carbocycles. The van der Waals surface area contributed by atoms with Gasteiger partial charge in [-0.2, -0.15) is 0 Å². The maximum Gasteiger partial charge on any atom is 0.255 e. The van der Waals surface area contributed by atoms with Crippen LogP contribution >= 0.6 is 0 Å². The Bertz CT molecular complexity index is 810. The zero-order valence-corrected chi connectivity index (χ0v) is 13.5. The molecule has 3 N–H and O–H groups in total. The average molecular weight is 352 g/mol. The van der Waals surface area contributed by atoms with E-state index in [2.05, 4.69) is 10.0 Å². The van der Waals surface area contributed by atoms with Crippen molar-refractivity contribution in [1.82, 2.24) is 4.72 Å². The van der Waals surface area contributed by atoms with Crippen molar-refractivity contribution < 1.29 is 22.7 Å². The number of aliphatic hydroxyl groups is 1. The Morgan fingerprint density at radius 3 is 2.46 bits per heavy atom. The minimum atomic E-state index is -3.87. The predicted octanol–water partition coefficient (Wildman–Crippen LogP) is 1.74. The molecule has 2 aromatic rings. The zero-order chi connectivity index (χ0) is 17.6. The molecule has 24 heavy (non-hydrogen) atoms. The van der Waals surface area contributed by atoms with Gasteiger partial charge in [0.05, 0.1) is 10.6 Å². The van der Waals surface area contributed by atoms with Gasteiger partial charge in [0.15, 0.2) is 0 Å². The summed E-state index contributed by atoms with van der Waals surface area (Å²) in [5.41, 5.74) is 0.248. The summed E-state index contributed by atoms with van der Waals surface area (Å²) in [6.07, 6.45) is 0.257. The minimum Gasteiger partial charge on any atom is -0.396 e. The third kappa shape index (κ3) is 4.60. The van der Waals surface area contributed by atoms with Crippen LogP contribution in [-0.4, -0.2) is 32.6 Å². The molecular formula is C16H17FN2O4S. The Balaban J connectivity index is 2.14. The van der Waals surface area contributed by atoms with Crippen LogP contribution in [0, 0.1) is 5.82 Å². The Morgan fingerprint density at radius 2 is 1.83 bits per heavy atom. The van der Waals surface area contributed by atoms with E-state index in [-0.39, 0.29) is 30.2 Å². The summed E-state index contributed by atoms with van der Waals surface area (Å²) in [5.74, 6) is -1.35. The highest BCUT2D eigenvalue weighted by molar-refractivity contribution is 7.89. The molecule has 0 atom stereocenters. The molecule has 0 radical (unpaired) electrons. The highest BCUT2D eigenvalue weighted by atomic mass is 32.2. The van der Waals surface area contributed by atoms with Crippen LogP contribution in [0.1, 0.15) is 16.8 Å². The van der Waals surface area contributed by atoms with Gasteiger partial charge in [0.25, 0.3) is 5.91 Å². The molecule has 0 saturated carbocycles. The van der Waals surface area contributed by atoms with Crippen LogP contribution in [-0.2, 0) is 10.0 Å². The molecule has 0 aromatic heterocycles. The van der Waals surface area contributed by atoms with E-state index < -0.39 is 21.7 Å². The number of anilines is 1. The van der Waals surface area contributed by atoms with Crippen LogP contribution in [0.2, 0.25) is 0 Å². The minimum absolute atomic E-state index is 0.0486. The van der Waals surface area contributed by atoms with Crippen molar-refractivity contribution in [2.45, 2.75) is 11.3 Å². The van der Waals surface area contributed by atoms with E-state index in [1.165, 1.54) is 12.1 Å². The Morgan fingerprint density at radius 1 is 1.12 bits per heavy atom. The maximum absolute atomic E-state index is 14.1. The second kappa shape index (κ2) is 8.00. The molecule has 0 spiro atoms. The van der Waals surface area contributed by atoms with Gasteiger partial charge in [-0.05, 0) is 36.8 Å². The Hall–Kier alpha value is -2.29. The van der Waals surface area contributed by atoms with Crippen LogP contribution < -0.4 is 10.0 Å². The summed E-state index contributed by atoms with van der Waals surface area (Å²) in [6, 6.07) is 11.5. The SMILES string of the molecule is O=C(Nc1ccc(S(=O)(=O)NCCCO)cc1F)c1ccccc1. The molecule has 0 aliphatic carbocycles. The molecule has 0 aliphatic heterocycles. The zero-order valence-electron chi connectivity index (χ0n) is 12.7. The second-order valence-corrected chi connectivity index (χ2v) is 6.70. The maximum atomic E-state index is 14.1. The van der Waals surface area contributed by atoms with Crippen molar-refractivity contribution in [3.05, 3.63) is 59.9 Å². The van der Waals surface area contributed by atoms with Gasteiger partial charge in [-0.25, -0.2) is 17.5 Å². The average Bonchev–Trinajstić information content (AvgIpc) is 2.57. The molecule has 0 aliphatic rings. The van der Waals surface area contributed by atoms with Gasteiger partial charge in [0, 0.05) is 18.7 Å². The summed E-state index contributed by atoms with van der Waals surface area (Å²) >= 11 is 0. The summed E-state index contributed by atoms with van der Waals surface area (Å²) in [5, 5.41) is 11.1. The van der Waals surface area contributed by atoms with Crippen LogP contribution in [0.4, 0.5) is 10.1 Å². The number of carbonyl (C=O) groups is 1. The second-order valence-electron chi connectivity index (χ2n) is 4.94. The van der Waals surface area contributed by atoms with Crippen LogP contribution in [0.3, 0.4) is 0 Å². The van der Waals surface area contributed by atoms with Crippen molar-refractivity contribution in [1.29, 1.82) is 0 Å². The van der Waals surface area contributed by atoms with E-state index in [0.717, 1.165) is 6.07 Å². The first-order valence-corrected chi connectivity index (χ1v) is 8.69. The number of hydrogen-bond acceptors (Lipinski definition) is 4. The van der Waals surface area contributed by atoms with Gasteiger partial charge >= 0.3 is 0 Å². The number of hydrogen-bond donors (Lipinski definition) is 3. The van der Waals surface area contributed by atoms with Gasteiger partial charge < -0.3 is 10.4 Å². The third-order valence-corrected chi connectivity index (χ3v) is 4.62. The number of sulfonamides is 1. The van der Waals surface area contributed by atoms with Crippen molar-refractivity contribution in [2.24, 2.45) is 0 Å². The number of benzene rings is 2. The lowest BCUT2D eigenvalue weighted by molar-refractivity contribution is 0.102. The first-order chi connectivity index (χ1) is 11.4. The van der Waals surface area contributed by atoms with E-state index in [1.54, 1.807) is 30.3 Å². The summed E-state index contributed by atoms with van der Waals surface area (Å²) in [7, 11) is -3.87. The van der Waals surface area contributed by atoms with Crippen molar-refractivity contribution >= 4 is 21.6 Å². The van der Waals surface area contributed by atoms with Crippen LogP contribution in [0.15, 0.2) is 53.4 Å². The monoisotopic (exact) mass is 352 g/mol. The predicted molar refractivity (Wildman–Crippen MR) is 87.7 cm³/mol. The molecule has 0 heterocycles. The van der Waals surface area contributed by atoms with E-state index in [4.69, 9.17) is 5.11 Å². The Kier molecular flexibility index (Phi) is 6.02. The molecule has 128 valence electrons. The van der Waals surface area contributed by atoms with Gasteiger partial charge in [-0.15, -0.1) is 0 Å². The fourth-order valence-electron chi connectivity index (χ4n) is 1.92. The fourth-order valence-corrected chi connectivity index (χ4v) is 3.00. The van der Waals surface area contributed by atoms with Crippen molar-refractivity contribution in [2.75, 3.05) is 18.5 Å². The first-order valence-electron chi connectivity index (χ1n) is 7.20. The molecule has 0 unspecified atom stereocenters. The number of nitrogens with one attached hydrogen (secondary N) is 2. The number of amides is 1. The van der Waals surface area contributed by atoms with Crippen LogP contribution in [0.5, 0.6) is 0 Å². The van der Waals surface area contributed by atoms with E-state index in [9.17, 15) is 17.6 Å². The molecule has 1 amide bonds. The first kappa shape index (κ1) is 18.1. The van der Waals surface area contributed by atoms with Gasteiger partial charge in [0.2, 0.25) is 10.0 Å². The van der Waals surface area contributed by atoms with Gasteiger partial charge in [0.1, 0.15) is 5.82 Å². The summed E-state index contributed by atoms with van der Waals surface area (Å²) in [6.45, 7) is -0.103. The molecule has 2 rings (SSSR count). The normalized spacial score (nSPS) is 11.2. The van der Waals surface area contributed by atoms with E-state index in [1.807, 2.05) is 0 Å². The molecule has 6 nitrogen and oxygen atoms in total. The number of carbonyl (C=O) groups excluding carboxylic acids is 1. The molecule has 0 saturated heterocycles. The molecule has 0 fully saturated rings. The summed E-state index contributed by atoms with van der Waals surface area (Å²) < 4.78 is 40.3. The fraction of sp³-hybridized carbons (Fsp3) is 0.188. The van der Waals surface area contributed by atoms with Crippen LogP contribution in [0.25, 0.3) is 0 Å². The Labute approximate surface area is 139 Å². The summed E-state index contributed by atoms with van der Waals surface area (Å²) in [4.78, 5) is 11.7. The quantitative estimate of drug-likeness (QED) is 0.662. The molecule has 0 bridgehead atoms. The highest BCUT2D eigenvalue weighted by Gasteiger charge is 2.17. The molecular weight excluding hydrogens is 335 g/mol. The van der Waals surface area contributed by atoms with Gasteiger partial charge in [-0.3, -0.25) is 4.79 Å². The topological polar surface area (TPSA) is 95.5 Å². The smallest absolute Gasteiger partial charge is 0.255 e. The number of halogens is 1. The number of rotatable bonds is 7. The lowest BCUT2D eigenvalue weighted by Gasteiger charge is -2.09. The lowest BCUT2D eigenvalue weighted by Crippen LogP contribution is -2.25. The molecule has 8 heteroatoms. The van der Waals surface area contributed by atoms with Crippen molar-refractivity contribution in [3.63, 3.8) is 0 Å². The van der Waals surface area contributed by atoms with Gasteiger partial charge in [-0.1, -0.05) is 18.2 Å². The third-order valence-electron chi connectivity index (χ3n) is 3.16. The van der Waals surface area contributed by atoms with E-state index >= 15 is 0 Å². The number of aliphatic hydroxyl groups excluding tert-OH is 1. The van der Waals surface area contributed by atoms with Crippen molar-refractivity contribution in [3.8, 4) is 0 Å².